The topological polar surface area (TPSA) is 81.7 Å². The summed E-state index contributed by atoms with van der Waals surface area (Å²) in [6.07, 6.45) is 2.01. The number of hydrogen-bond donors (Lipinski definition) is 3. The van der Waals surface area contributed by atoms with Gasteiger partial charge in [-0.2, -0.15) is 0 Å². The van der Waals surface area contributed by atoms with E-state index in [9.17, 15) is 9.59 Å². The van der Waals surface area contributed by atoms with Gasteiger partial charge in [0.2, 0.25) is 0 Å². The molecule has 0 saturated carbocycles. The molecule has 0 aromatic rings. The maximum atomic E-state index is 11.7. The van der Waals surface area contributed by atoms with Gasteiger partial charge in [-0.1, -0.05) is 13.3 Å². The van der Waals surface area contributed by atoms with E-state index >= 15 is 0 Å². The third kappa shape index (κ3) is 6.78. The van der Waals surface area contributed by atoms with Crippen molar-refractivity contribution in [1.82, 2.24) is 15.5 Å². The maximum absolute atomic E-state index is 11.7. The predicted octanol–water partition coefficient (Wildman–Crippen LogP) is 0.491. The Labute approximate surface area is 102 Å². The van der Waals surface area contributed by atoms with Crippen LogP contribution in [0.3, 0.4) is 0 Å². The highest BCUT2D eigenvalue weighted by Crippen LogP contribution is 1.98. The highest BCUT2D eigenvalue weighted by molar-refractivity contribution is 5.82. The second-order valence-corrected chi connectivity index (χ2v) is 4.01. The standard InChI is InChI=1S/C11H23N3O3/c1-4-6-9(10(15)16)13-11(17)14(3)8-5-7-12-2/h9,12H,4-8H2,1-3H3,(H,13,17)(H,15,16)/t9-/m0/s1. The number of rotatable bonds is 8. The molecule has 0 rings (SSSR count). The van der Waals surface area contributed by atoms with Crippen LogP contribution in [0.5, 0.6) is 0 Å². The average Bonchev–Trinajstić information content (AvgIpc) is 2.28. The summed E-state index contributed by atoms with van der Waals surface area (Å²) in [4.78, 5) is 24.0. The van der Waals surface area contributed by atoms with Crippen molar-refractivity contribution in [3.63, 3.8) is 0 Å². The first-order valence-corrected chi connectivity index (χ1v) is 5.92. The van der Waals surface area contributed by atoms with Crippen LogP contribution in [-0.4, -0.2) is 55.2 Å². The van der Waals surface area contributed by atoms with Crippen LogP contribution in [0.25, 0.3) is 0 Å². The van der Waals surface area contributed by atoms with E-state index in [4.69, 9.17) is 5.11 Å². The zero-order valence-corrected chi connectivity index (χ0v) is 10.8. The molecule has 6 heteroatoms. The van der Waals surface area contributed by atoms with Crippen LogP contribution in [0.2, 0.25) is 0 Å². The van der Waals surface area contributed by atoms with Gasteiger partial charge in [-0.05, 0) is 26.4 Å². The maximum Gasteiger partial charge on any atom is 0.326 e. The fourth-order valence-electron chi connectivity index (χ4n) is 1.40. The quantitative estimate of drug-likeness (QED) is 0.544. The molecule has 3 N–H and O–H groups in total. The molecule has 0 spiro atoms. The van der Waals surface area contributed by atoms with Gasteiger partial charge in [0.1, 0.15) is 6.04 Å². The number of carbonyl (C=O) groups is 2. The lowest BCUT2D eigenvalue weighted by atomic mass is 10.2. The molecule has 0 aliphatic rings. The summed E-state index contributed by atoms with van der Waals surface area (Å²) in [6.45, 7) is 3.32. The minimum absolute atomic E-state index is 0.332. The van der Waals surface area contributed by atoms with Crippen molar-refractivity contribution in [3.05, 3.63) is 0 Å². The predicted molar refractivity (Wildman–Crippen MR) is 66.0 cm³/mol. The lowest BCUT2D eigenvalue weighted by Gasteiger charge is -2.21. The first-order chi connectivity index (χ1) is 8.02. The normalized spacial score (nSPS) is 11.9. The first kappa shape index (κ1) is 15.7. The Kier molecular flexibility index (Phi) is 8.13. The van der Waals surface area contributed by atoms with Crippen LogP contribution in [0.15, 0.2) is 0 Å². The summed E-state index contributed by atoms with van der Waals surface area (Å²) in [7, 11) is 3.51. The highest BCUT2D eigenvalue weighted by Gasteiger charge is 2.20. The van der Waals surface area contributed by atoms with Gasteiger partial charge in [-0.25, -0.2) is 9.59 Å². The Morgan fingerprint density at radius 2 is 2.06 bits per heavy atom. The summed E-state index contributed by atoms with van der Waals surface area (Å²) in [6, 6.07) is -1.12. The Morgan fingerprint density at radius 1 is 1.41 bits per heavy atom. The van der Waals surface area contributed by atoms with Crippen molar-refractivity contribution in [2.24, 2.45) is 0 Å². The van der Waals surface area contributed by atoms with E-state index in [1.807, 2.05) is 14.0 Å². The molecule has 0 fully saturated rings. The fraction of sp³-hybridized carbons (Fsp3) is 0.818. The zero-order valence-electron chi connectivity index (χ0n) is 10.8. The van der Waals surface area contributed by atoms with Crippen molar-refractivity contribution >= 4 is 12.0 Å². The van der Waals surface area contributed by atoms with E-state index in [0.29, 0.717) is 13.0 Å². The van der Waals surface area contributed by atoms with Crippen molar-refractivity contribution in [3.8, 4) is 0 Å². The third-order valence-electron chi connectivity index (χ3n) is 2.44. The Morgan fingerprint density at radius 3 is 2.53 bits per heavy atom. The fourth-order valence-corrected chi connectivity index (χ4v) is 1.40. The average molecular weight is 245 g/mol. The van der Waals surface area contributed by atoms with E-state index < -0.39 is 12.0 Å². The Balaban J connectivity index is 4.06. The van der Waals surface area contributed by atoms with Crippen LogP contribution < -0.4 is 10.6 Å². The Bertz CT molecular complexity index is 246. The van der Waals surface area contributed by atoms with Gasteiger partial charge in [-0.3, -0.25) is 0 Å². The number of urea groups is 1. The number of nitrogens with one attached hydrogen (secondary N) is 2. The molecule has 0 radical (unpaired) electrons. The summed E-state index contributed by atoms with van der Waals surface area (Å²) in [5.41, 5.74) is 0. The number of amides is 2. The molecule has 6 nitrogen and oxygen atoms in total. The van der Waals surface area contributed by atoms with Gasteiger partial charge in [0.15, 0.2) is 0 Å². The van der Waals surface area contributed by atoms with E-state index in [1.165, 1.54) is 4.90 Å². The lowest BCUT2D eigenvalue weighted by molar-refractivity contribution is -0.139. The Hall–Kier alpha value is -1.30. The number of hydrogen-bond acceptors (Lipinski definition) is 3. The monoisotopic (exact) mass is 245 g/mol. The second kappa shape index (κ2) is 8.81. The molecular formula is C11H23N3O3. The second-order valence-electron chi connectivity index (χ2n) is 4.01. The van der Waals surface area contributed by atoms with Crippen LogP contribution in [0, 0.1) is 0 Å². The van der Waals surface area contributed by atoms with E-state index in [0.717, 1.165) is 19.4 Å². The summed E-state index contributed by atoms with van der Waals surface area (Å²) >= 11 is 0. The number of carbonyl (C=O) groups excluding carboxylic acids is 1. The van der Waals surface area contributed by atoms with Crippen molar-refractivity contribution in [2.45, 2.75) is 32.2 Å². The molecule has 1 atom stereocenters. The molecular weight excluding hydrogens is 222 g/mol. The molecule has 0 heterocycles. The van der Waals surface area contributed by atoms with Crippen molar-refractivity contribution in [1.29, 1.82) is 0 Å². The molecule has 0 saturated heterocycles. The molecule has 0 unspecified atom stereocenters. The van der Waals surface area contributed by atoms with Gasteiger partial charge in [-0.15, -0.1) is 0 Å². The number of nitrogens with zero attached hydrogens (tertiary/aromatic N) is 1. The molecule has 0 aliphatic heterocycles. The minimum atomic E-state index is -0.983. The van der Waals surface area contributed by atoms with Crippen molar-refractivity contribution < 1.29 is 14.7 Å². The van der Waals surface area contributed by atoms with E-state index in [1.54, 1.807) is 7.05 Å². The van der Waals surface area contributed by atoms with Crippen LogP contribution in [0.1, 0.15) is 26.2 Å². The molecule has 0 aromatic heterocycles. The van der Waals surface area contributed by atoms with E-state index in [-0.39, 0.29) is 6.03 Å². The third-order valence-corrected chi connectivity index (χ3v) is 2.44. The van der Waals surface area contributed by atoms with Gasteiger partial charge >= 0.3 is 12.0 Å². The number of carboxylic acid groups (broad SMARTS) is 1. The van der Waals surface area contributed by atoms with E-state index in [2.05, 4.69) is 10.6 Å². The van der Waals surface area contributed by atoms with Crippen LogP contribution >= 0.6 is 0 Å². The zero-order chi connectivity index (χ0) is 13.3. The highest BCUT2D eigenvalue weighted by atomic mass is 16.4. The minimum Gasteiger partial charge on any atom is -0.480 e. The summed E-state index contributed by atoms with van der Waals surface area (Å²) in [5.74, 6) is -0.983. The molecule has 0 bridgehead atoms. The smallest absolute Gasteiger partial charge is 0.326 e. The van der Waals surface area contributed by atoms with Gasteiger partial charge in [0, 0.05) is 13.6 Å². The molecule has 17 heavy (non-hydrogen) atoms. The molecule has 2 amide bonds. The molecule has 0 aliphatic carbocycles. The molecule has 100 valence electrons. The van der Waals surface area contributed by atoms with Gasteiger partial charge in [0.05, 0.1) is 0 Å². The summed E-state index contributed by atoms with van der Waals surface area (Å²) in [5, 5.41) is 14.4. The number of aliphatic carboxylic acids is 1. The van der Waals surface area contributed by atoms with Crippen LogP contribution in [-0.2, 0) is 4.79 Å². The van der Waals surface area contributed by atoms with Gasteiger partial charge in [0.25, 0.3) is 0 Å². The number of carboxylic acids is 1. The molecule has 0 aromatic carbocycles. The first-order valence-electron chi connectivity index (χ1n) is 5.92. The largest absolute Gasteiger partial charge is 0.480 e. The van der Waals surface area contributed by atoms with Gasteiger partial charge < -0.3 is 20.6 Å². The lowest BCUT2D eigenvalue weighted by Crippen LogP contribution is -2.47. The van der Waals surface area contributed by atoms with Crippen molar-refractivity contribution in [2.75, 3.05) is 27.2 Å². The SMILES string of the molecule is CCC[C@H](NC(=O)N(C)CCCNC)C(=O)O. The summed E-state index contributed by atoms with van der Waals surface area (Å²) < 4.78 is 0. The van der Waals surface area contributed by atoms with Crippen LogP contribution in [0.4, 0.5) is 4.79 Å².